The summed E-state index contributed by atoms with van der Waals surface area (Å²) in [6.45, 7) is 14.3. The molecule has 0 saturated heterocycles. The zero-order valence-corrected chi connectivity index (χ0v) is 32.1. The van der Waals surface area contributed by atoms with Crippen LogP contribution in [-0.4, -0.2) is 60.8 Å². The molecule has 0 aliphatic heterocycles. The number of carbonyl (C=O) groups is 3. The quantitative estimate of drug-likeness (QED) is 0.128. The molecule has 4 saturated carbocycles. The molecule has 4 fully saturated rings. The zero-order chi connectivity index (χ0) is 36.5. The molecule has 6 rings (SSSR count). The normalized spacial score (nSPS) is 34.8. The summed E-state index contributed by atoms with van der Waals surface area (Å²) in [6.07, 6.45) is 9.82. The minimum Gasteiger partial charge on any atom is -0.463 e. The second kappa shape index (κ2) is 15.6. The largest absolute Gasteiger partial charge is 0.463 e. The first kappa shape index (κ1) is 37.8. The predicted octanol–water partition coefficient (Wildman–Crippen LogP) is 7.98. The van der Waals surface area contributed by atoms with Crippen LogP contribution in [-0.2, 0) is 28.6 Å². The van der Waals surface area contributed by atoms with Gasteiger partial charge in [0.25, 0.3) is 0 Å². The molecule has 0 radical (unpaired) electrons. The molecule has 1 unspecified atom stereocenters. The summed E-state index contributed by atoms with van der Waals surface area (Å²) in [7, 11) is 0. The van der Waals surface area contributed by atoms with Crippen LogP contribution in [0.1, 0.15) is 99.3 Å². The van der Waals surface area contributed by atoms with Crippen LogP contribution in [0.5, 0.6) is 0 Å². The van der Waals surface area contributed by atoms with Crippen molar-refractivity contribution in [2.45, 2.75) is 118 Å². The predicted molar refractivity (Wildman–Crippen MR) is 199 cm³/mol. The van der Waals surface area contributed by atoms with E-state index < -0.39 is 0 Å². The molecule has 51 heavy (non-hydrogen) atoms. The van der Waals surface area contributed by atoms with Gasteiger partial charge in [0.2, 0.25) is 0 Å². The fraction of sp³-hybridized carbons (Fsp3) is 0.707. The maximum absolute atomic E-state index is 12.7. The van der Waals surface area contributed by atoms with Crippen molar-refractivity contribution in [3.63, 3.8) is 0 Å². The van der Waals surface area contributed by atoms with E-state index in [0.29, 0.717) is 22.8 Å². The summed E-state index contributed by atoms with van der Waals surface area (Å²) in [5.41, 5.74) is 1.76. The number of hydrogen-bond donors (Lipinski definition) is 2. The number of rotatable bonds is 12. The lowest BCUT2D eigenvalue weighted by molar-refractivity contribution is -0.224. The smallest absolute Gasteiger partial charge is 0.302 e. The van der Waals surface area contributed by atoms with E-state index in [9.17, 15) is 14.4 Å². The molecule has 11 atom stereocenters. The number of benzene rings is 1. The Bertz CT molecular complexity index is 1590. The van der Waals surface area contributed by atoms with E-state index in [-0.39, 0.29) is 64.8 Å². The van der Waals surface area contributed by atoms with Gasteiger partial charge in [-0.15, -0.1) is 0 Å². The van der Waals surface area contributed by atoms with Gasteiger partial charge < -0.3 is 24.8 Å². The topological polar surface area (TPSA) is 116 Å². The van der Waals surface area contributed by atoms with Crippen molar-refractivity contribution < 1.29 is 28.6 Å². The van der Waals surface area contributed by atoms with Crippen LogP contribution in [0.15, 0.2) is 30.5 Å². The molecular weight excluding hydrogens is 666 g/mol. The monoisotopic (exact) mass is 723 g/mol. The number of ether oxygens (including phenoxy) is 3. The number of anilines is 1. The van der Waals surface area contributed by atoms with E-state index in [1.54, 1.807) is 6.92 Å². The first-order valence-corrected chi connectivity index (χ1v) is 19.7. The second-order valence-corrected chi connectivity index (χ2v) is 17.0. The third-order valence-corrected chi connectivity index (χ3v) is 14.0. The molecule has 1 aromatic heterocycles. The molecule has 1 aromatic carbocycles. The number of nitrogens with zero attached hydrogens (tertiary/aromatic N) is 1. The molecule has 9 nitrogen and oxygen atoms in total. The Kier molecular flexibility index (Phi) is 11.6. The first-order valence-electron chi connectivity index (χ1n) is 19.3. The Morgan fingerprint density at radius 1 is 0.922 bits per heavy atom. The zero-order valence-electron chi connectivity index (χ0n) is 31.3. The lowest BCUT2D eigenvalue weighted by Crippen LogP contribution is -2.63. The summed E-state index contributed by atoms with van der Waals surface area (Å²) in [6, 6.07) is 7.75. The molecule has 2 aromatic rings. The average Bonchev–Trinajstić information content (AvgIpc) is 3.42. The highest BCUT2D eigenvalue weighted by molar-refractivity contribution is 6.31. The maximum atomic E-state index is 12.7. The number of halogens is 1. The van der Waals surface area contributed by atoms with Crippen molar-refractivity contribution in [1.82, 2.24) is 10.3 Å². The van der Waals surface area contributed by atoms with Crippen molar-refractivity contribution >= 4 is 46.1 Å². The van der Waals surface area contributed by atoms with Gasteiger partial charge in [-0.2, -0.15) is 0 Å². The Labute approximate surface area is 308 Å². The number of carbonyl (C=O) groups excluding carboxylic acids is 3. The molecule has 4 aliphatic carbocycles. The maximum Gasteiger partial charge on any atom is 0.302 e. The van der Waals surface area contributed by atoms with Crippen LogP contribution >= 0.6 is 11.6 Å². The lowest BCUT2D eigenvalue weighted by Gasteiger charge is -2.64. The van der Waals surface area contributed by atoms with Crippen LogP contribution in [0.25, 0.3) is 10.9 Å². The van der Waals surface area contributed by atoms with Gasteiger partial charge in [0, 0.05) is 67.5 Å². The Balaban J connectivity index is 1.10. The third kappa shape index (κ3) is 7.76. The van der Waals surface area contributed by atoms with Gasteiger partial charge in [0.1, 0.15) is 18.3 Å². The summed E-state index contributed by atoms with van der Waals surface area (Å²) >= 11 is 6.24. The molecule has 280 valence electrons. The van der Waals surface area contributed by atoms with Crippen molar-refractivity contribution in [3.8, 4) is 0 Å². The van der Waals surface area contributed by atoms with Crippen LogP contribution in [0.3, 0.4) is 0 Å². The Morgan fingerprint density at radius 2 is 1.69 bits per heavy atom. The van der Waals surface area contributed by atoms with Crippen LogP contribution < -0.4 is 10.6 Å². The number of aromatic nitrogens is 1. The molecule has 1 heterocycles. The third-order valence-electron chi connectivity index (χ3n) is 13.7. The number of esters is 3. The number of pyridine rings is 1. The summed E-state index contributed by atoms with van der Waals surface area (Å²) in [4.78, 5) is 41.6. The number of hydrogen-bond acceptors (Lipinski definition) is 9. The number of fused-ring (bicyclic) bond motifs is 6. The molecular formula is C41H58ClN3O6. The fourth-order valence-electron chi connectivity index (χ4n) is 11.5. The standard InChI is InChI=1S/C41H58ClN3O6/c1-24(8-7-16-43-18-19-45-36-14-17-44-35-12-9-29(42)22-31(35)36)32-10-11-33-39-34(23-38(41(32,33)6)51-27(4)48)40(5)15-13-30(49-25(2)46)20-28(40)21-37(39)50-26(3)47/h9,12,14,17,22,24,28,30,32-34,37-39,43H,7-8,10-11,13,15-16,18-21,23H2,1-6H3,(H,44,45)/t24?,28-,30+,32+,33-,34-,37+,38-,39-,40-,41+/m0/s1. The molecule has 0 amide bonds. The minimum atomic E-state index is -0.239. The molecule has 4 aliphatic rings. The van der Waals surface area contributed by atoms with Crippen LogP contribution in [0.2, 0.25) is 5.02 Å². The van der Waals surface area contributed by atoms with Gasteiger partial charge in [0.15, 0.2) is 0 Å². The van der Waals surface area contributed by atoms with Gasteiger partial charge in [-0.1, -0.05) is 32.4 Å². The highest BCUT2D eigenvalue weighted by atomic mass is 35.5. The molecule has 0 spiro atoms. The van der Waals surface area contributed by atoms with E-state index in [1.807, 2.05) is 30.5 Å². The summed E-state index contributed by atoms with van der Waals surface area (Å²) < 4.78 is 18.3. The van der Waals surface area contributed by atoms with E-state index >= 15 is 0 Å². The average molecular weight is 724 g/mol. The second-order valence-electron chi connectivity index (χ2n) is 16.6. The van der Waals surface area contributed by atoms with Gasteiger partial charge in [0.05, 0.1) is 5.52 Å². The van der Waals surface area contributed by atoms with Gasteiger partial charge in [-0.3, -0.25) is 19.4 Å². The van der Waals surface area contributed by atoms with Gasteiger partial charge in [-0.25, -0.2) is 0 Å². The minimum absolute atomic E-state index is 0.000526. The van der Waals surface area contributed by atoms with Crippen molar-refractivity contribution in [3.05, 3.63) is 35.5 Å². The van der Waals surface area contributed by atoms with E-state index in [4.69, 9.17) is 25.8 Å². The van der Waals surface area contributed by atoms with Crippen molar-refractivity contribution in [2.24, 2.45) is 46.3 Å². The van der Waals surface area contributed by atoms with Crippen molar-refractivity contribution in [2.75, 3.05) is 25.0 Å². The lowest BCUT2D eigenvalue weighted by atomic mass is 9.43. The van der Waals surface area contributed by atoms with Gasteiger partial charge in [-0.05, 0) is 124 Å². The number of nitrogens with one attached hydrogen (secondary N) is 2. The van der Waals surface area contributed by atoms with E-state index in [2.05, 4.69) is 36.4 Å². The Hall–Kier alpha value is -2.91. The SMILES string of the molecule is CC(=O)O[C@@H]1CC[C@@]2(C)[C@@H](C1)C[C@@H](OC(C)=O)[C@@H]1[C@@H]2C[C@H](OC(C)=O)[C@]2(C)[C@@H](C(C)CCCNCCNc3ccnc4ccc(Cl)cc34)CC[C@@H]12. The van der Waals surface area contributed by atoms with Gasteiger partial charge >= 0.3 is 17.9 Å². The molecule has 0 bridgehead atoms. The highest BCUT2D eigenvalue weighted by Gasteiger charge is 2.67. The highest BCUT2D eigenvalue weighted by Crippen LogP contribution is 2.69. The first-order chi connectivity index (χ1) is 24.3. The summed E-state index contributed by atoms with van der Waals surface area (Å²) in [5.74, 6) is 1.22. The fourth-order valence-corrected chi connectivity index (χ4v) is 11.7. The Morgan fingerprint density at radius 3 is 2.43 bits per heavy atom. The van der Waals surface area contributed by atoms with Crippen LogP contribution in [0, 0.1) is 46.3 Å². The van der Waals surface area contributed by atoms with E-state index in [0.717, 1.165) is 94.0 Å². The van der Waals surface area contributed by atoms with E-state index in [1.165, 1.54) is 13.8 Å². The summed E-state index contributed by atoms with van der Waals surface area (Å²) in [5, 5.41) is 8.87. The molecule has 2 N–H and O–H groups in total. The molecule has 10 heteroatoms. The van der Waals surface area contributed by atoms with Crippen LogP contribution in [0.4, 0.5) is 5.69 Å². The van der Waals surface area contributed by atoms with Crippen molar-refractivity contribution in [1.29, 1.82) is 0 Å².